The minimum Gasteiger partial charge on any atom is -0.339 e. The molecule has 1 N–H and O–H groups in total. The summed E-state index contributed by atoms with van der Waals surface area (Å²) >= 11 is 0. The van der Waals surface area contributed by atoms with Crippen molar-refractivity contribution in [3.63, 3.8) is 0 Å². The van der Waals surface area contributed by atoms with Gasteiger partial charge in [0.15, 0.2) is 0 Å². The lowest BCUT2D eigenvalue weighted by Gasteiger charge is -2.18. The maximum atomic E-state index is 5.41. The van der Waals surface area contributed by atoms with E-state index in [0.717, 1.165) is 37.4 Å². The molecule has 0 aliphatic carbocycles. The first-order valence-corrected chi connectivity index (χ1v) is 6.44. The van der Waals surface area contributed by atoms with E-state index in [2.05, 4.69) is 34.5 Å². The predicted octanol–water partition coefficient (Wildman–Crippen LogP) is 2.51. The Labute approximate surface area is 106 Å². The molecule has 1 aromatic carbocycles. The van der Waals surface area contributed by atoms with Gasteiger partial charge in [0.25, 0.3) is 0 Å². The Hall–Kier alpha value is -1.68. The van der Waals surface area contributed by atoms with Gasteiger partial charge < -0.3 is 9.84 Å². The van der Waals surface area contributed by atoms with Gasteiger partial charge in [0.2, 0.25) is 11.7 Å². The molecule has 1 aliphatic heterocycles. The van der Waals surface area contributed by atoms with E-state index in [4.69, 9.17) is 4.52 Å². The lowest BCUT2D eigenvalue weighted by atomic mass is 9.98. The zero-order valence-corrected chi connectivity index (χ0v) is 10.5. The number of hydrogen-bond donors (Lipinski definition) is 1. The first kappa shape index (κ1) is 11.4. The SMILES string of the molecule is Cc1cccc(-c2noc(C3CCNCC3)n2)c1. The summed E-state index contributed by atoms with van der Waals surface area (Å²) in [6.45, 7) is 4.14. The molecule has 94 valence electrons. The summed E-state index contributed by atoms with van der Waals surface area (Å²) in [6.07, 6.45) is 2.16. The fraction of sp³-hybridized carbons (Fsp3) is 0.429. The van der Waals surface area contributed by atoms with Crippen LogP contribution in [0.4, 0.5) is 0 Å². The summed E-state index contributed by atoms with van der Waals surface area (Å²) in [4.78, 5) is 4.54. The minimum atomic E-state index is 0.414. The van der Waals surface area contributed by atoms with Gasteiger partial charge >= 0.3 is 0 Å². The fourth-order valence-electron chi connectivity index (χ4n) is 2.37. The number of hydrogen-bond acceptors (Lipinski definition) is 4. The Morgan fingerprint density at radius 1 is 1.28 bits per heavy atom. The molecule has 0 atom stereocenters. The Morgan fingerprint density at radius 2 is 2.11 bits per heavy atom. The van der Waals surface area contributed by atoms with Crippen molar-refractivity contribution in [3.05, 3.63) is 35.7 Å². The number of benzene rings is 1. The molecule has 2 heterocycles. The van der Waals surface area contributed by atoms with E-state index in [1.807, 2.05) is 12.1 Å². The van der Waals surface area contributed by atoms with Gasteiger partial charge in [0.05, 0.1) is 0 Å². The fourth-order valence-corrected chi connectivity index (χ4v) is 2.37. The van der Waals surface area contributed by atoms with E-state index >= 15 is 0 Å². The lowest BCUT2D eigenvalue weighted by molar-refractivity contribution is 0.320. The molecule has 1 fully saturated rings. The van der Waals surface area contributed by atoms with Crippen molar-refractivity contribution in [2.24, 2.45) is 0 Å². The van der Waals surface area contributed by atoms with Crippen LogP contribution in [0.5, 0.6) is 0 Å². The van der Waals surface area contributed by atoms with E-state index in [9.17, 15) is 0 Å². The summed E-state index contributed by atoms with van der Waals surface area (Å²) in [6, 6.07) is 8.18. The number of aromatic nitrogens is 2. The maximum absolute atomic E-state index is 5.41. The molecule has 1 aliphatic rings. The first-order chi connectivity index (χ1) is 8.83. The van der Waals surface area contributed by atoms with Crippen molar-refractivity contribution in [1.29, 1.82) is 0 Å². The molecule has 0 radical (unpaired) electrons. The van der Waals surface area contributed by atoms with Gasteiger partial charge in [-0.3, -0.25) is 0 Å². The van der Waals surface area contributed by atoms with E-state index in [1.54, 1.807) is 0 Å². The van der Waals surface area contributed by atoms with Crippen LogP contribution in [0.3, 0.4) is 0 Å². The number of aryl methyl sites for hydroxylation is 1. The second-order valence-electron chi connectivity index (χ2n) is 4.85. The highest BCUT2D eigenvalue weighted by Gasteiger charge is 2.21. The first-order valence-electron chi connectivity index (χ1n) is 6.44. The minimum absolute atomic E-state index is 0.414. The van der Waals surface area contributed by atoms with Gasteiger partial charge in [-0.2, -0.15) is 4.98 Å². The highest BCUT2D eigenvalue weighted by Crippen LogP contribution is 2.26. The molecule has 1 aromatic heterocycles. The molecule has 1 saturated heterocycles. The second kappa shape index (κ2) is 4.90. The molecule has 0 bridgehead atoms. The molecule has 4 heteroatoms. The van der Waals surface area contributed by atoms with Gasteiger partial charge in [-0.1, -0.05) is 28.9 Å². The van der Waals surface area contributed by atoms with Gasteiger partial charge in [-0.05, 0) is 38.9 Å². The topological polar surface area (TPSA) is 51.0 Å². The van der Waals surface area contributed by atoms with Crippen molar-refractivity contribution in [1.82, 2.24) is 15.5 Å². The molecule has 0 saturated carbocycles. The number of nitrogens with one attached hydrogen (secondary N) is 1. The molecular weight excluding hydrogens is 226 g/mol. The number of nitrogens with zero attached hydrogens (tertiary/aromatic N) is 2. The van der Waals surface area contributed by atoms with Gasteiger partial charge in [-0.25, -0.2) is 0 Å². The van der Waals surface area contributed by atoms with Crippen LogP contribution in [-0.4, -0.2) is 23.2 Å². The van der Waals surface area contributed by atoms with Crippen LogP contribution in [0, 0.1) is 6.92 Å². The van der Waals surface area contributed by atoms with Crippen LogP contribution in [0.2, 0.25) is 0 Å². The second-order valence-corrected chi connectivity index (χ2v) is 4.85. The highest BCUT2D eigenvalue weighted by atomic mass is 16.5. The molecule has 0 spiro atoms. The quantitative estimate of drug-likeness (QED) is 0.880. The summed E-state index contributed by atoms with van der Waals surface area (Å²) in [5.41, 5.74) is 2.24. The number of rotatable bonds is 2. The Kier molecular flexibility index (Phi) is 3.11. The third kappa shape index (κ3) is 2.29. The van der Waals surface area contributed by atoms with Crippen molar-refractivity contribution >= 4 is 0 Å². The standard InChI is InChI=1S/C14H17N3O/c1-10-3-2-4-12(9-10)13-16-14(18-17-13)11-5-7-15-8-6-11/h2-4,9,11,15H,5-8H2,1H3. The molecule has 3 rings (SSSR count). The normalized spacial score (nSPS) is 16.9. The average molecular weight is 243 g/mol. The Balaban J connectivity index is 1.84. The van der Waals surface area contributed by atoms with Gasteiger partial charge in [-0.15, -0.1) is 0 Å². The van der Waals surface area contributed by atoms with E-state index in [-0.39, 0.29) is 0 Å². The van der Waals surface area contributed by atoms with Crippen LogP contribution in [0.1, 0.15) is 30.2 Å². The predicted molar refractivity (Wildman–Crippen MR) is 69.3 cm³/mol. The summed E-state index contributed by atoms with van der Waals surface area (Å²) in [5, 5.41) is 7.44. The number of piperidine rings is 1. The van der Waals surface area contributed by atoms with E-state index in [1.165, 1.54) is 5.56 Å². The van der Waals surface area contributed by atoms with Crippen molar-refractivity contribution in [3.8, 4) is 11.4 Å². The van der Waals surface area contributed by atoms with Crippen LogP contribution in [-0.2, 0) is 0 Å². The van der Waals surface area contributed by atoms with E-state index in [0.29, 0.717) is 11.7 Å². The van der Waals surface area contributed by atoms with Crippen LogP contribution in [0.25, 0.3) is 11.4 Å². The van der Waals surface area contributed by atoms with E-state index < -0.39 is 0 Å². The highest BCUT2D eigenvalue weighted by molar-refractivity contribution is 5.55. The van der Waals surface area contributed by atoms with Crippen molar-refractivity contribution in [2.75, 3.05) is 13.1 Å². The lowest BCUT2D eigenvalue weighted by Crippen LogP contribution is -2.26. The average Bonchev–Trinajstić information content (AvgIpc) is 2.89. The monoisotopic (exact) mass is 243 g/mol. The van der Waals surface area contributed by atoms with Crippen LogP contribution >= 0.6 is 0 Å². The van der Waals surface area contributed by atoms with Crippen LogP contribution < -0.4 is 5.32 Å². The third-order valence-corrected chi connectivity index (χ3v) is 3.41. The molecule has 18 heavy (non-hydrogen) atoms. The van der Waals surface area contributed by atoms with Crippen molar-refractivity contribution in [2.45, 2.75) is 25.7 Å². The summed E-state index contributed by atoms with van der Waals surface area (Å²) in [5.74, 6) is 1.90. The Bertz CT molecular complexity index is 529. The molecule has 0 unspecified atom stereocenters. The maximum Gasteiger partial charge on any atom is 0.230 e. The zero-order valence-electron chi connectivity index (χ0n) is 10.5. The smallest absolute Gasteiger partial charge is 0.230 e. The van der Waals surface area contributed by atoms with Gasteiger partial charge in [0.1, 0.15) is 0 Å². The van der Waals surface area contributed by atoms with Crippen molar-refractivity contribution < 1.29 is 4.52 Å². The zero-order chi connectivity index (χ0) is 12.4. The van der Waals surface area contributed by atoms with Crippen LogP contribution in [0.15, 0.2) is 28.8 Å². The third-order valence-electron chi connectivity index (χ3n) is 3.41. The largest absolute Gasteiger partial charge is 0.339 e. The molecule has 0 amide bonds. The van der Waals surface area contributed by atoms with Gasteiger partial charge in [0, 0.05) is 11.5 Å². The summed E-state index contributed by atoms with van der Waals surface area (Å²) < 4.78 is 5.41. The molecule has 2 aromatic rings. The Morgan fingerprint density at radius 3 is 2.89 bits per heavy atom. The molecular formula is C14H17N3O. The summed E-state index contributed by atoms with van der Waals surface area (Å²) in [7, 11) is 0. The molecule has 4 nitrogen and oxygen atoms in total.